The maximum Gasteiger partial charge on any atom is 0.263 e. The molecule has 1 aliphatic heterocycles. The first-order chi connectivity index (χ1) is 15.1. The predicted octanol–water partition coefficient (Wildman–Crippen LogP) is 4.73. The molecule has 1 N–H and O–H groups in total. The molecule has 0 fully saturated rings. The van der Waals surface area contributed by atoms with Crippen molar-refractivity contribution >= 4 is 6.21 Å². The van der Waals surface area contributed by atoms with Crippen LogP contribution in [0.5, 0.6) is 5.75 Å². The van der Waals surface area contributed by atoms with Gasteiger partial charge in [0.05, 0.1) is 23.1 Å². The molecule has 3 heterocycles. The Hall–Kier alpha value is -4.13. The van der Waals surface area contributed by atoms with E-state index in [4.69, 9.17) is 10.1 Å². The lowest BCUT2D eigenvalue weighted by Crippen LogP contribution is -2.27. The van der Waals surface area contributed by atoms with Gasteiger partial charge in [-0.3, -0.25) is 14.3 Å². The fourth-order valence-corrected chi connectivity index (χ4v) is 3.91. The van der Waals surface area contributed by atoms with Crippen molar-refractivity contribution in [3.8, 4) is 33.7 Å². The quantitative estimate of drug-likeness (QED) is 0.492. The molecule has 2 aromatic heterocycles. The molecule has 0 amide bonds. The molecule has 7 heteroatoms. The Labute approximate surface area is 175 Å². The van der Waals surface area contributed by atoms with E-state index in [1.165, 1.54) is 29.0 Å². The molecular formula is C24H15F2N3O2. The van der Waals surface area contributed by atoms with E-state index in [2.05, 4.69) is 4.98 Å². The van der Waals surface area contributed by atoms with Gasteiger partial charge in [0.1, 0.15) is 24.0 Å². The Morgan fingerprint density at radius 3 is 2.58 bits per heavy atom. The maximum absolute atomic E-state index is 14.9. The number of pyridine rings is 2. The van der Waals surface area contributed by atoms with Gasteiger partial charge in [-0.15, -0.1) is 0 Å². The molecule has 0 atom stereocenters. The van der Waals surface area contributed by atoms with Crippen LogP contribution in [0.25, 0.3) is 27.9 Å². The molecule has 0 bridgehead atoms. The Morgan fingerprint density at radius 2 is 1.81 bits per heavy atom. The Kier molecular flexibility index (Phi) is 4.43. The van der Waals surface area contributed by atoms with Gasteiger partial charge in [-0.2, -0.15) is 0 Å². The van der Waals surface area contributed by atoms with Gasteiger partial charge in [-0.25, -0.2) is 8.78 Å². The summed E-state index contributed by atoms with van der Waals surface area (Å²) in [5.74, 6) is -0.749. The molecule has 0 unspecified atom stereocenters. The minimum atomic E-state index is -0.618. The van der Waals surface area contributed by atoms with E-state index < -0.39 is 17.2 Å². The summed E-state index contributed by atoms with van der Waals surface area (Å²) >= 11 is 0. The van der Waals surface area contributed by atoms with Crippen LogP contribution >= 0.6 is 0 Å². The molecule has 0 radical (unpaired) electrons. The van der Waals surface area contributed by atoms with Gasteiger partial charge in [0.2, 0.25) is 0 Å². The molecule has 0 spiro atoms. The van der Waals surface area contributed by atoms with Crippen molar-refractivity contribution in [2.45, 2.75) is 6.61 Å². The van der Waals surface area contributed by atoms with E-state index >= 15 is 0 Å². The fourth-order valence-electron chi connectivity index (χ4n) is 3.91. The minimum Gasteiger partial charge on any atom is -0.487 e. The second-order valence-corrected chi connectivity index (χ2v) is 7.02. The summed E-state index contributed by atoms with van der Waals surface area (Å²) in [7, 11) is 0. The zero-order valence-electron chi connectivity index (χ0n) is 16.1. The zero-order chi connectivity index (χ0) is 21.5. The van der Waals surface area contributed by atoms with Crippen LogP contribution in [0.1, 0.15) is 11.3 Å². The first kappa shape index (κ1) is 18.9. The minimum absolute atomic E-state index is 0.0156. The average Bonchev–Trinajstić information content (AvgIpc) is 2.79. The monoisotopic (exact) mass is 415 g/mol. The Morgan fingerprint density at radius 1 is 1.00 bits per heavy atom. The standard InChI is InChI=1S/C24H15F2N3O2/c25-19-6-1-5-15(18(19)11-27)16-10-17-21(13-31-22-8-2-7-20(26)23(17)22)29(24(16)30)14-4-3-9-28-12-14/h1-12,27H,13H2. The third kappa shape index (κ3) is 2.93. The van der Waals surface area contributed by atoms with Gasteiger partial charge in [0.25, 0.3) is 5.56 Å². The Bertz CT molecular complexity index is 1400. The summed E-state index contributed by atoms with van der Waals surface area (Å²) in [4.78, 5) is 17.7. The molecule has 0 aliphatic carbocycles. The number of nitrogens with one attached hydrogen (secondary N) is 1. The number of nitrogens with zero attached hydrogens (tertiary/aromatic N) is 2. The van der Waals surface area contributed by atoms with Gasteiger partial charge in [-0.05, 0) is 42.0 Å². The lowest BCUT2D eigenvalue weighted by atomic mass is 9.94. The fraction of sp³-hybridized carbons (Fsp3) is 0.0417. The third-order valence-electron chi connectivity index (χ3n) is 5.30. The zero-order valence-corrected chi connectivity index (χ0v) is 16.1. The van der Waals surface area contributed by atoms with E-state index in [1.807, 2.05) is 0 Å². The number of halogens is 2. The number of aromatic nitrogens is 2. The average molecular weight is 415 g/mol. The molecule has 0 saturated heterocycles. The van der Waals surface area contributed by atoms with Crippen molar-refractivity contribution in [1.29, 1.82) is 5.41 Å². The summed E-state index contributed by atoms with van der Waals surface area (Å²) in [5.41, 5.74) is 1.59. The highest BCUT2D eigenvalue weighted by Gasteiger charge is 2.27. The Balaban J connectivity index is 1.93. The highest BCUT2D eigenvalue weighted by molar-refractivity contribution is 5.90. The summed E-state index contributed by atoms with van der Waals surface area (Å²) < 4.78 is 36.4. The SMILES string of the molecule is N=Cc1c(F)cccc1-c1cc2c(n(-c3cccnc3)c1=O)COc1cccc(F)c1-2. The first-order valence-electron chi connectivity index (χ1n) is 9.50. The van der Waals surface area contributed by atoms with Gasteiger partial charge in [0.15, 0.2) is 0 Å². The number of fused-ring (bicyclic) bond motifs is 3. The smallest absolute Gasteiger partial charge is 0.263 e. The molecule has 1 aliphatic rings. The summed E-state index contributed by atoms with van der Waals surface area (Å²) in [6.07, 6.45) is 3.97. The van der Waals surface area contributed by atoms with E-state index in [0.717, 1.165) is 6.21 Å². The lowest BCUT2D eigenvalue weighted by Gasteiger charge is -2.25. The van der Waals surface area contributed by atoms with Crippen LogP contribution in [0.2, 0.25) is 0 Å². The van der Waals surface area contributed by atoms with Crippen molar-refractivity contribution in [3.63, 3.8) is 0 Å². The molecule has 0 saturated carbocycles. The molecule has 31 heavy (non-hydrogen) atoms. The van der Waals surface area contributed by atoms with Crippen molar-refractivity contribution in [2.75, 3.05) is 0 Å². The molecule has 5 rings (SSSR count). The van der Waals surface area contributed by atoms with Crippen molar-refractivity contribution in [2.24, 2.45) is 0 Å². The first-order valence-corrected chi connectivity index (χ1v) is 9.50. The maximum atomic E-state index is 14.9. The van der Waals surface area contributed by atoms with Crippen LogP contribution in [0.15, 0.2) is 71.8 Å². The summed E-state index contributed by atoms with van der Waals surface area (Å²) in [5, 5.41) is 7.64. The van der Waals surface area contributed by atoms with Gasteiger partial charge in [0, 0.05) is 29.1 Å². The van der Waals surface area contributed by atoms with Gasteiger partial charge in [-0.1, -0.05) is 18.2 Å². The van der Waals surface area contributed by atoms with Gasteiger partial charge >= 0.3 is 0 Å². The van der Waals surface area contributed by atoms with Crippen LogP contribution in [0.4, 0.5) is 8.78 Å². The normalized spacial score (nSPS) is 11.9. The number of hydrogen-bond acceptors (Lipinski definition) is 4. The van der Waals surface area contributed by atoms with Crippen molar-refractivity contribution < 1.29 is 13.5 Å². The van der Waals surface area contributed by atoms with Crippen LogP contribution in [0, 0.1) is 17.0 Å². The molecule has 4 aromatic rings. The van der Waals surface area contributed by atoms with Crippen molar-refractivity contribution in [1.82, 2.24) is 9.55 Å². The van der Waals surface area contributed by atoms with E-state index in [0.29, 0.717) is 22.7 Å². The van der Waals surface area contributed by atoms with E-state index in [9.17, 15) is 13.6 Å². The number of benzene rings is 2. The highest BCUT2D eigenvalue weighted by Crippen LogP contribution is 2.41. The van der Waals surface area contributed by atoms with Crippen LogP contribution in [-0.2, 0) is 6.61 Å². The van der Waals surface area contributed by atoms with Crippen LogP contribution in [-0.4, -0.2) is 15.8 Å². The molecule has 152 valence electrons. The van der Waals surface area contributed by atoms with E-state index in [-0.39, 0.29) is 28.9 Å². The van der Waals surface area contributed by atoms with Crippen molar-refractivity contribution in [3.05, 3.63) is 100 Å². The number of rotatable bonds is 3. The lowest BCUT2D eigenvalue weighted by molar-refractivity contribution is 0.291. The molecule has 2 aromatic carbocycles. The second kappa shape index (κ2) is 7.28. The largest absolute Gasteiger partial charge is 0.487 e. The predicted molar refractivity (Wildman–Crippen MR) is 113 cm³/mol. The highest BCUT2D eigenvalue weighted by atomic mass is 19.1. The summed E-state index contributed by atoms with van der Waals surface area (Å²) in [6.45, 7) is 0.0524. The molecule has 5 nitrogen and oxygen atoms in total. The number of hydrogen-bond donors (Lipinski definition) is 1. The number of ether oxygens (including phenoxy) is 1. The van der Waals surface area contributed by atoms with Gasteiger partial charge < -0.3 is 10.1 Å². The molecular weight excluding hydrogens is 400 g/mol. The van der Waals surface area contributed by atoms with Crippen LogP contribution in [0.3, 0.4) is 0 Å². The second-order valence-electron chi connectivity index (χ2n) is 7.02. The topological polar surface area (TPSA) is 68.0 Å². The third-order valence-corrected chi connectivity index (χ3v) is 5.30. The van der Waals surface area contributed by atoms with E-state index in [1.54, 1.807) is 42.6 Å². The summed E-state index contributed by atoms with van der Waals surface area (Å²) in [6, 6.07) is 13.7. The van der Waals surface area contributed by atoms with Crippen LogP contribution < -0.4 is 10.3 Å².